The Labute approximate surface area is 128 Å². The van der Waals surface area contributed by atoms with Gasteiger partial charge in [0, 0.05) is 6.42 Å². The Hall–Kier alpha value is -1.69. The van der Waals surface area contributed by atoms with Gasteiger partial charge in [-0.2, -0.15) is 0 Å². The Morgan fingerprint density at radius 2 is 1.82 bits per heavy atom. The Morgan fingerprint density at radius 1 is 1.23 bits per heavy atom. The highest BCUT2D eigenvalue weighted by molar-refractivity contribution is 7.56. The van der Waals surface area contributed by atoms with Crippen molar-refractivity contribution in [3.8, 4) is 0 Å². The summed E-state index contributed by atoms with van der Waals surface area (Å²) in [6, 6.07) is 7.26. The van der Waals surface area contributed by atoms with Gasteiger partial charge < -0.3 is 15.1 Å². The first kappa shape index (κ1) is 18.4. The molecule has 22 heavy (non-hydrogen) atoms. The molecule has 0 saturated carbocycles. The van der Waals surface area contributed by atoms with Crippen LogP contribution in [-0.2, 0) is 14.2 Å². The van der Waals surface area contributed by atoms with Gasteiger partial charge in [-0.3, -0.25) is 14.2 Å². The lowest BCUT2D eigenvalue weighted by Gasteiger charge is -2.26. The molecule has 4 N–H and O–H groups in total. The molecule has 0 heterocycles. The van der Waals surface area contributed by atoms with Crippen LogP contribution in [0.25, 0.3) is 0 Å². The highest BCUT2D eigenvalue weighted by Gasteiger charge is 2.35. The summed E-state index contributed by atoms with van der Waals surface area (Å²) in [5.74, 6) is -2.51. The minimum Gasteiger partial charge on any atom is -0.481 e. The average molecular weight is 329 g/mol. The average Bonchev–Trinajstić information content (AvgIpc) is 2.44. The molecule has 0 amide bonds. The van der Waals surface area contributed by atoms with E-state index in [-0.39, 0.29) is 6.42 Å². The maximum absolute atomic E-state index is 12.5. The maximum atomic E-state index is 12.5. The minimum absolute atomic E-state index is 0.263. The molecular weight excluding hydrogens is 309 g/mol. The van der Waals surface area contributed by atoms with Crippen LogP contribution in [0.2, 0.25) is 0 Å². The summed E-state index contributed by atoms with van der Waals surface area (Å²) < 4.78 is 12.5. The summed E-state index contributed by atoms with van der Waals surface area (Å²) in [6.45, 7) is 1.73. The zero-order valence-corrected chi connectivity index (χ0v) is 13.1. The Kier molecular flexibility index (Phi) is 6.74. The lowest BCUT2D eigenvalue weighted by molar-refractivity contribution is -0.140. The molecule has 0 aliphatic carbocycles. The summed E-state index contributed by atoms with van der Waals surface area (Å²) in [5, 5.41) is 20.0. The number of aliphatic carboxylic acids is 2. The van der Waals surface area contributed by atoms with Crippen molar-refractivity contribution in [1.29, 1.82) is 0 Å². The van der Waals surface area contributed by atoms with E-state index in [2.05, 4.69) is 5.09 Å². The molecule has 3 unspecified atom stereocenters. The highest BCUT2D eigenvalue weighted by atomic mass is 31.2. The van der Waals surface area contributed by atoms with E-state index < -0.39 is 37.6 Å². The van der Waals surface area contributed by atoms with Crippen molar-refractivity contribution in [2.45, 2.75) is 37.9 Å². The first-order chi connectivity index (χ1) is 10.3. The molecule has 7 nitrogen and oxygen atoms in total. The summed E-state index contributed by atoms with van der Waals surface area (Å²) in [6.07, 6.45) is -0.317. The Balaban J connectivity index is 2.92. The predicted molar refractivity (Wildman–Crippen MR) is 80.7 cm³/mol. The van der Waals surface area contributed by atoms with Gasteiger partial charge in [0.25, 0.3) is 7.52 Å². The van der Waals surface area contributed by atoms with Crippen LogP contribution in [0.1, 0.15) is 37.4 Å². The van der Waals surface area contributed by atoms with Crippen LogP contribution in [-0.4, -0.2) is 33.1 Å². The molecule has 3 atom stereocenters. The molecule has 0 aromatic heterocycles. The van der Waals surface area contributed by atoms with E-state index in [0.717, 1.165) is 0 Å². The molecule has 1 rings (SSSR count). The van der Waals surface area contributed by atoms with E-state index in [4.69, 9.17) is 10.2 Å². The number of nitrogens with one attached hydrogen (secondary N) is 1. The van der Waals surface area contributed by atoms with Crippen molar-refractivity contribution in [2.24, 2.45) is 0 Å². The number of hydrogen-bond donors (Lipinski definition) is 4. The number of carboxylic acids is 2. The largest absolute Gasteiger partial charge is 0.481 e. The van der Waals surface area contributed by atoms with Crippen molar-refractivity contribution >= 4 is 19.5 Å². The van der Waals surface area contributed by atoms with Crippen molar-refractivity contribution in [3.05, 3.63) is 35.9 Å². The second-order valence-corrected chi connectivity index (χ2v) is 7.04. The van der Waals surface area contributed by atoms with Crippen LogP contribution in [0.15, 0.2) is 30.3 Å². The molecule has 8 heteroatoms. The summed E-state index contributed by atoms with van der Waals surface area (Å²) in [4.78, 5) is 31.9. The van der Waals surface area contributed by atoms with Crippen molar-refractivity contribution < 1.29 is 29.3 Å². The fraction of sp³-hybridized carbons (Fsp3) is 0.429. The number of carbonyl (C=O) groups is 2. The topological polar surface area (TPSA) is 124 Å². The van der Waals surface area contributed by atoms with Gasteiger partial charge in [0.15, 0.2) is 0 Å². The summed E-state index contributed by atoms with van der Waals surface area (Å²) in [7, 11) is -4.02. The van der Waals surface area contributed by atoms with Crippen LogP contribution in [0.3, 0.4) is 0 Å². The smallest absolute Gasteiger partial charge is 0.321 e. The molecule has 0 saturated heterocycles. The molecule has 0 aliphatic rings. The van der Waals surface area contributed by atoms with Gasteiger partial charge in [0.2, 0.25) is 0 Å². The number of hydrogen-bond acceptors (Lipinski definition) is 3. The fourth-order valence-corrected chi connectivity index (χ4v) is 4.12. The van der Waals surface area contributed by atoms with Gasteiger partial charge in [0.1, 0.15) is 6.04 Å². The minimum atomic E-state index is -4.02. The standard InChI is InChI=1S/C14H20NO6P/c1-2-12(10-6-4-3-5-7-10)22(20,21)15-11(14(18)19)8-9-13(16)17/h3-7,11-12H,2,8-9H2,1H3,(H,16,17)(H,18,19)(H2,15,20,21). The van der Waals surface area contributed by atoms with E-state index in [0.29, 0.717) is 12.0 Å². The highest BCUT2D eigenvalue weighted by Crippen LogP contribution is 2.54. The van der Waals surface area contributed by atoms with Gasteiger partial charge in [-0.05, 0) is 18.4 Å². The van der Waals surface area contributed by atoms with E-state index in [1.165, 1.54) is 0 Å². The normalized spacial score (nSPS) is 16.5. The zero-order valence-electron chi connectivity index (χ0n) is 12.2. The van der Waals surface area contributed by atoms with Gasteiger partial charge in [-0.25, -0.2) is 5.09 Å². The quantitative estimate of drug-likeness (QED) is 0.512. The molecule has 0 fully saturated rings. The SMILES string of the molecule is CCC(c1ccccc1)P(=O)(O)NC(CCC(=O)O)C(=O)O. The first-order valence-electron chi connectivity index (χ1n) is 6.87. The van der Waals surface area contributed by atoms with E-state index in [1.807, 2.05) is 0 Å². The van der Waals surface area contributed by atoms with Gasteiger partial charge in [0.05, 0.1) is 5.66 Å². The number of benzene rings is 1. The molecular formula is C14H20NO6P. The number of rotatable bonds is 9. The van der Waals surface area contributed by atoms with Gasteiger partial charge in [-0.1, -0.05) is 37.3 Å². The van der Waals surface area contributed by atoms with E-state index in [9.17, 15) is 19.0 Å². The van der Waals surface area contributed by atoms with E-state index >= 15 is 0 Å². The van der Waals surface area contributed by atoms with Gasteiger partial charge >= 0.3 is 11.9 Å². The molecule has 0 spiro atoms. The molecule has 1 aromatic rings. The molecule has 0 aliphatic heterocycles. The lowest BCUT2D eigenvalue weighted by atomic mass is 10.1. The summed E-state index contributed by atoms with van der Waals surface area (Å²) >= 11 is 0. The second kappa shape index (κ2) is 8.08. The fourth-order valence-electron chi connectivity index (χ4n) is 2.18. The lowest BCUT2D eigenvalue weighted by Crippen LogP contribution is -2.36. The third-order valence-corrected chi connectivity index (χ3v) is 5.47. The Bertz CT molecular complexity index is 562. The van der Waals surface area contributed by atoms with Crippen LogP contribution in [0.4, 0.5) is 0 Å². The second-order valence-electron chi connectivity index (χ2n) is 4.91. The predicted octanol–water partition coefficient (Wildman–Crippen LogP) is 2.23. The molecule has 0 bridgehead atoms. The third-order valence-electron chi connectivity index (χ3n) is 3.28. The summed E-state index contributed by atoms with van der Waals surface area (Å²) in [5.41, 5.74) is -0.119. The van der Waals surface area contributed by atoms with Crippen LogP contribution < -0.4 is 5.09 Å². The maximum Gasteiger partial charge on any atom is 0.321 e. The monoisotopic (exact) mass is 329 g/mol. The Morgan fingerprint density at radius 3 is 2.27 bits per heavy atom. The third kappa shape index (κ3) is 5.26. The first-order valence-corrected chi connectivity index (χ1v) is 8.60. The molecule has 1 aromatic carbocycles. The van der Waals surface area contributed by atoms with Crippen molar-refractivity contribution in [2.75, 3.05) is 0 Å². The van der Waals surface area contributed by atoms with Gasteiger partial charge in [-0.15, -0.1) is 0 Å². The van der Waals surface area contributed by atoms with Crippen LogP contribution in [0, 0.1) is 0 Å². The van der Waals surface area contributed by atoms with Crippen LogP contribution >= 0.6 is 7.52 Å². The molecule has 0 radical (unpaired) electrons. The van der Waals surface area contributed by atoms with E-state index in [1.54, 1.807) is 37.3 Å². The van der Waals surface area contributed by atoms with Crippen LogP contribution in [0.5, 0.6) is 0 Å². The number of carboxylic acid groups (broad SMARTS) is 2. The molecule has 122 valence electrons. The van der Waals surface area contributed by atoms with Crippen molar-refractivity contribution in [3.63, 3.8) is 0 Å². The zero-order chi connectivity index (χ0) is 16.8. The van der Waals surface area contributed by atoms with Crippen molar-refractivity contribution in [1.82, 2.24) is 5.09 Å².